The zero-order chi connectivity index (χ0) is 14.4. The van der Waals surface area contributed by atoms with E-state index >= 15 is 0 Å². The molecule has 108 valence electrons. The molecule has 0 saturated carbocycles. The number of carbonyl (C=O) groups is 2. The van der Waals surface area contributed by atoms with Crippen LogP contribution in [0.25, 0.3) is 0 Å². The fourth-order valence-corrected chi connectivity index (χ4v) is 2.24. The van der Waals surface area contributed by atoms with Gasteiger partial charge in [-0.25, -0.2) is 0 Å². The summed E-state index contributed by atoms with van der Waals surface area (Å²) in [5, 5.41) is 5.71. The van der Waals surface area contributed by atoms with Gasteiger partial charge in [-0.15, -0.1) is 0 Å². The zero-order valence-electron chi connectivity index (χ0n) is 11.6. The molecule has 2 amide bonds. The second-order valence-corrected chi connectivity index (χ2v) is 4.96. The number of ether oxygens (including phenoxy) is 1. The molecule has 0 spiro atoms. The van der Waals surface area contributed by atoms with Crippen molar-refractivity contribution >= 4 is 11.8 Å². The highest BCUT2D eigenvalue weighted by molar-refractivity contribution is 5.79. The van der Waals surface area contributed by atoms with Crippen molar-refractivity contribution in [1.29, 1.82) is 0 Å². The molecule has 1 fully saturated rings. The van der Waals surface area contributed by atoms with Gasteiger partial charge in [0.1, 0.15) is 5.75 Å². The molecule has 1 aromatic carbocycles. The summed E-state index contributed by atoms with van der Waals surface area (Å²) < 4.78 is 5.15. The molecule has 5 nitrogen and oxygen atoms in total. The molecule has 0 radical (unpaired) electrons. The van der Waals surface area contributed by atoms with Crippen LogP contribution in [0.3, 0.4) is 0 Å². The Labute approximate surface area is 118 Å². The van der Waals surface area contributed by atoms with Crippen LogP contribution in [-0.4, -0.2) is 31.5 Å². The van der Waals surface area contributed by atoms with Crippen LogP contribution >= 0.6 is 0 Å². The molecule has 2 rings (SSSR count). The van der Waals surface area contributed by atoms with Crippen LogP contribution in [0.2, 0.25) is 0 Å². The van der Waals surface area contributed by atoms with Crippen molar-refractivity contribution in [2.24, 2.45) is 0 Å². The van der Waals surface area contributed by atoms with E-state index in [9.17, 15) is 9.59 Å². The van der Waals surface area contributed by atoms with Crippen molar-refractivity contribution in [1.82, 2.24) is 10.6 Å². The van der Waals surface area contributed by atoms with Crippen molar-refractivity contribution in [2.75, 3.05) is 13.7 Å². The van der Waals surface area contributed by atoms with Crippen LogP contribution < -0.4 is 15.4 Å². The van der Waals surface area contributed by atoms with E-state index in [1.807, 2.05) is 24.3 Å². The minimum absolute atomic E-state index is 0.0222. The highest BCUT2D eigenvalue weighted by Gasteiger charge is 2.19. The van der Waals surface area contributed by atoms with Gasteiger partial charge in [-0.3, -0.25) is 9.59 Å². The van der Waals surface area contributed by atoms with E-state index in [0.29, 0.717) is 25.8 Å². The summed E-state index contributed by atoms with van der Waals surface area (Å²) in [6.07, 6.45) is 2.33. The smallest absolute Gasteiger partial charge is 0.220 e. The SMILES string of the molecule is COc1cccc(CCC(=O)NC2CCC(=O)NC2)c1. The highest BCUT2D eigenvalue weighted by atomic mass is 16.5. The first kappa shape index (κ1) is 14.4. The summed E-state index contributed by atoms with van der Waals surface area (Å²) in [4.78, 5) is 22.9. The molecule has 1 unspecified atom stereocenters. The number of amides is 2. The van der Waals surface area contributed by atoms with E-state index in [4.69, 9.17) is 4.74 Å². The first-order chi connectivity index (χ1) is 9.67. The summed E-state index contributed by atoms with van der Waals surface area (Å²) in [5.41, 5.74) is 1.08. The van der Waals surface area contributed by atoms with E-state index in [1.165, 1.54) is 0 Å². The van der Waals surface area contributed by atoms with Gasteiger partial charge in [0.25, 0.3) is 0 Å². The second kappa shape index (κ2) is 6.93. The van der Waals surface area contributed by atoms with Gasteiger partial charge in [-0.2, -0.15) is 0 Å². The third-order valence-corrected chi connectivity index (χ3v) is 3.41. The van der Waals surface area contributed by atoms with Crippen LogP contribution in [0.5, 0.6) is 5.75 Å². The average Bonchev–Trinajstić information content (AvgIpc) is 2.48. The van der Waals surface area contributed by atoms with E-state index < -0.39 is 0 Å². The third-order valence-electron chi connectivity index (χ3n) is 3.41. The van der Waals surface area contributed by atoms with Crippen molar-refractivity contribution in [3.8, 4) is 5.75 Å². The molecule has 20 heavy (non-hydrogen) atoms. The predicted octanol–water partition coefficient (Wildman–Crippen LogP) is 1.02. The number of hydrogen-bond acceptors (Lipinski definition) is 3. The lowest BCUT2D eigenvalue weighted by molar-refractivity contribution is -0.125. The lowest BCUT2D eigenvalue weighted by Crippen LogP contribution is -2.47. The van der Waals surface area contributed by atoms with Gasteiger partial charge >= 0.3 is 0 Å². The number of hydrogen-bond donors (Lipinski definition) is 2. The van der Waals surface area contributed by atoms with Gasteiger partial charge in [-0.1, -0.05) is 12.1 Å². The fourth-order valence-electron chi connectivity index (χ4n) is 2.24. The maximum Gasteiger partial charge on any atom is 0.220 e. The first-order valence-corrected chi connectivity index (χ1v) is 6.86. The lowest BCUT2D eigenvalue weighted by atomic mass is 10.1. The number of carbonyl (C=O) groups excluding carboxylic acids is 2. The molecular formula is C15H20N2O3. The van der Waals surface area contributed by atoms with Crippen LogP contribution in [0.4, 0.5) is 0 Å². The monoisotopic (exact) mass is 276 g/mol. The Balaban J connectivity index is 1.75. The van der Waals surface area contributed by atoms with E-state index in [-0.39, 0.29) is 17.9 Å². The molecule has 0 bridgehead atoms. The van der Waals surface area contributed by atoms with Crippen molar-refractivity contribution < 1.29 is 14.3 Å². The van der Waals surface area contributed by atoms with E-state index in [0.717, 1.165) is 17.7 Å². The number of methoxy groups -OCH3 is 1. The average molecular weight is 276 g/mol. The summed E-state index contributed by atoms with van der Waals surface area (Å²) >= 11 is 0. The molecule has 0 aromatic heterocycles. The van der Waals surface area contributed by atoms with Gasteiger partial charge < -0.3 is 15.4 Å². The Morgan fingerprint density at radius 2 is 2.35 bits per heavy atom. The summed E-state index contributed by atoms with van der Waals surface area (Å²) in [5.74, 6) is 0.888. The molecule has 1 aromatic rings. The summed E-state index contributed by atoms with van der Waals surface area (Å²) in [6.45, 7) is 0.531. The highest BCUT2D eigenvalue weighted by Crippen LogP contribution is 2.14. The number of piperidine rings is 1. The Morgan fingerprint density at radius 3 is 3.05 bits per heavy atom. The standard InChI is InChI=1S/C15H20N2O3/c1-20-13-4-2-3-11(9-13)5-7-15(19)17-12-6-8-14(18)16-10-12/h2-4,9,12H,5-8,10H2,1H3,(H,16,18)(H,17,19). The lowest BCUT2D eigenvalue weighted by Gasteiger charge is -2.23. The maximum absolute atomic E-state index is 11.9. The molecule has 5 heteroatoms. The zero-order valence-corrected chi connectivity index (χ0v) is 11.6. The van der Waals surface area contributed by atoms with Crippen molar-refractivity contribution in [3.63, 3.8) is 0 Å². The van der Waals surface area contributed by atoms with Gasteiger partial charge in [0.05, 0.1) is 7.11 Å². The van der Waals surface area contributed by atoms with Gasteiger partial charge in [0, 0.05) is 25.4 Å². The Hall–Kier alpha value is -2.04. The largest absolute Gasteiger partial charge is 0.497 e. The second-order valence-electron chi connectivity index (χ2n) is 4.96. The molecular weight excluding hydrogens is 256 g/mol. The van der Waals surface area contributed by atoms with E-state index in [2.05, 4.69) is 10.6 Å². The normalized spacial score (nSPS) is 18.2. The third kappa shape index (κ3) is 4.26. The first-order valence-electron chi connectivity index (χ1n) is 6.86. The van der Waals surface area contributed by atoms with Crippen LogP contribution in [-0.2, 0) is 16.0 Å². The number of rotatable bonds is 5. The predicted molar refractivity (Wildman–Crippen MR) is 75.5 cm³/mol. The topological polar surface area (TPSA) is 67.4 Å². The Bertz CT molecular complexity index is 478. The summed E-state index contributed by atoms with van der Waals surface area (Å²) in [6, 6.07) is 7.78. The maximum atomic E-state index is 11.9. The molecule has 1 heterocycles. The van der Waals surface area contributed by atoms with Gasteiger partial charge in [0.2, 0.25) is 11.8 Å². The van der Waals surface area contributed by atoms with Crippen LogP contribution in [0, 0.1) is 0 Å². The Kier molecular flexibility index (Phi) is 4.98. The van der Waals surface area contributed by atoms with Crippen molar-refractivity contribution in [2.45, 2.75) is 31.7 Å². The molecule has 1 saturated heterocycles. The quantitative estimate of drug-likeness (QED) is 0.844. The Morgan fingerprint density at radius 1 is 1.50 bits per heavy atom. The molecule has 1 aliphatic heterocycles. The number of nitrogens with one attached hydrogen (secondary N) is 2. The van der Waals surface area contributed by atoms with Crippen LogP contribution in [0.1, 0.15) is 24.8 Å². The van der Waals surface area contributed by atoms with Crippen molar-refractivity contribution in [3.05, 3.63) is 29.8 Å². The molecule has 1 aliphatic rings. The van der Waals surface area contributed by atoms with Gasteiger partial charge in [0.15, 0.2) is 0 Å². The number of benzene rings is 1. The molecule has 2 N–H and O–H groups in total. The summed E-state index contributed by atoms with van der Waals surface area (Å²) in [7, 11) is 1.63. The minimum atomic E-state index is 0.0222. The fraction of sp³-hybridized carbons (Fsp3) is 0.467. The van der Waals surface area contributed by atoms with Gasteiger partial charge in [-0.05, 0) is 30.5 Å². The van der Waals surface area contributed by atoms with E-state index in [1.54, 1.807) is 7.11 Å². The minimum Gasteiger partial charge on any atom is -0.497 e. The molecule has 1 atom stereocenters. The molecule has 0 aliphatic carbocycles. The number of aryl methyl sites for hydroxylation is 1. The van der Waals surface area contributed by atoms with Crippen LogP contribution in [0.15, 0.2) is 24.3 Å².